The molecule has 2 atom stereocenters. The zero-order chi connectivity index (χ0) is 19.2. The molecule has 1 aromatic heterocycles. The number of ether oxygens (including phenoxy) is 3. The Bertz CT molecular complexity index is 744. The second-order valence-corrected chi connectivity index (χ2v) is 7.42. The molecule has 2 aromatic rings. The molecule has 3 rings (SSSR count). The molecule has 1 amide bonds. The lowest BCUT2D eigenvalue weighted by atomic mass is 10.0. The number of benzene rings is 1. The fourth-order valence-electron chi connectivity index (χ4n) is 3.40. The Morgan fingerprint density at radius 1 is 1.19 bits per heavy atom. The molecule has 0 bridgehead atoms. The van der Waals surface area contributed by atoms with E-state index in [1.54, 1.807) is 43.8 Å². The highest BCUT2D eigenvalue weighted by Gasteiger charge is 2.29. The fraction of sp³-hybridized carbons (Fsp3) is 0.450. The number of morpholine rings is 1. The van der Waals surface area contributed by atoms with E-state index >= 15 is 0 Å². The summed E-state index contributed by atoms with van der Waals surface area (Å²) in [6, 6.07) is 9.45. The highest BCUT2D eigenvalue weighted by Crippen LogP contribution is 2.30. The third kappa shape index (κ3) is 4.61. The van der Waals surface area contributed by atoms with Crippen molar-refractivity contribution in [2.24, 2.45) is 0 Å². The molecule has 146 valence electrons. The first-order valence-corrected chi connectivity index (χ1v) is 9.90. The smallest absolute Gasteiger partial charge is 0.251 e. The Morgan fingerprint density at radius 3 is 2.56 bits per heavy atom. The van der Waals surface area contributed by atoms with Gasteiger partial charge in [0.05, 0.1) is 33.5 Å². The van der Waals surface area contributed by atoms with Crippen molar-refractivity contribution in [1.82, 2.24) is 10.2 Å². The van der Waals surface area contributed by atoms with Gasteiger partial charge in [-0.15, -0.1) is 11.3 Å². The summed E-state index contributed by atoms with van der Waals surface area (Å²) in [6.07, 6.45) is 0. The van der Waals surface area contributed by atoms with Gasteiger partial charge in [-0.05, 0) is 36.6 Å². The van der Waals surface area contributed by atoms with Crippen molar-refractivity contribution in [3.05, 3.63) is 46.2 Å². The molecule has 1 aliphatic rings. The van der Waals surface area contributed by atoms with Crippen LogP contribution < -0.4 is 14.8 Å². The van der Waals surface area contributed by atoms with E-state index in [1.165, 1.54) is 4.88 Å². The molecule has 1 saturated heterocycles. The number of nitrogens with one attached hydrogen (secondary N) is 1. The minimum Gasteiger partial charge on any atom is -0.493 e. The molecule has 1 aromatic carbocycles. The number of carbonyl (C=O) groups is 1. The number of rotatable bonds is 7. The SMILES string of the molecule is COc1ccc(C(=O)N[C@H](C)[C@H](c2cccs2)N2CCOCC2)cc1OC. The molecule has 1 fully saturated rings. The summed E-state index contributed by atoms with van der Waals surface area (Å²) >= 11 is 1.72. The van der Waals surface area contributed by atoms with E-state index in [9.17, 15) is 4.79 Å². The summed E-state index contributed by atoms with van der Waals surface area (Å²) < 4.78 is 16.0. The minimum absolute atomic E-state index is 0.0534. The van der Waals surface area contributed by atoms with Gasteiger partial charge in [-0.3, -0.25) is 9.69 Å². The van der Waals surface area contributed by atoms with Crippen LogP contribution in [0.2, 0.25) is 0 Å². The molecule has 6 nitrogen and oxygen atoms in total. The number of methoxy groups -OCH3 is 2. The molecular weight excluding hydrogens is 364 g/mol. The van der Waals surface area contributed by atoms with Crippen LogP contribution in [0.1, 0.15) is 28.2 Å². The van der Waals surface area contributed by atoms with E-state index in [0.29, 0.717) is 17.1 Å². The van der Waals surface area contributed by atoms with E-state index in [4.69, 9.17) is 14.2 Å². The molecule has 0 saturated carbocycles. The van der Waals surface area contributed by atoms with E-state index in [-0.39, 0.29) is 18.0 Å². The van der Waals surface area contributed by atoms with Crippen molar-refractivity contribution < 1.29 is 19.0 Å². The molecule has 27 heavy (non-hydrogen) atoms. The van der Waals surface area contributed by atoms with Gasteiger partial charge < -0.3 is 19.5 Å². The summed E-state index contributed by atoms with van der Waals surface area (Å²) in [5.74, 6) is 1.02. The van der Waals surface area contributed by atoms with Gasteiger partial charge in [-0.2, -0.15) is 0 Å². The van der Waals surface area contributed by atoms with Crippen LogP contribution in [0.5, 0.6) is 11.5 Å². The van der Waals surface area contributed by atoms with Gasteiger partial charge in [0, 0.05) is 29.6 Å². The second kappa shape index (κ2) is 9.21. The predicted octanol–water partition coefficient (Wildman–Crippen LogP) is 2.96. The van der Waals surface area contributed by atoms with Crippen molar-refractivity contribution >= 4 is 17.2 Å². The molecule has 0 spiro atoms. The maximum absolute atomic E-state index is 12.8. The van der Waals surface area contributed by atoms with Crippen molar-refractivity contribution in [1.29, 1.82) is 0 Å². The van der Waals surface area contributed by atoms with Gasteiger partial charge in [-0.1, -0.05) is 6.07 Å². The zero-order valence-corrected chi connectivity index (χ0v) is 16.8. The fourth-order valence-corrected chi connectivity index (χ4v) is 4.37. The van der Waals surface area contributed by atoms with Crippen LogP contribution in [-0.2, 0) is 4.74 Å². The lowest BCUT2D eigenvalue weighted by Crippen LogP contribution is -2.48. The van der Waals surface area contributed by atoms with E-state index in [1.807, 2.05) is 0 Å². The largest absolute Gasteiger partial charge is 0.493 e. The van der Waals surface area contributed by atoms with Crippen LogP contribution in [0.4, 0.5) is 0 Å². The molecule has 0 unspecified atom stereocenters. The topological polar surface area (TPSA) is 60.0 Å². The lowest BCUT2D eigenvalue weighted by Gasteiger charge is -2.37. The van der Waals surface area contributed by atoms with E-state index < -0.39 is 0 Å². The van der Waals surface area contributed by atoms with Gasteiger partial charge in [0.2, 0.25) is 0 Å². The van der Waals surface area contributed by atoms with Gasteiger partial charge in [-0.25, -0.2) is 0 Å². The van der Waals surface area contributed by atoms with Crippen LogP contribution in [0, 0.1) is 0 Å². The van der Waals surface area contributed by atoms with Crippen molar-refractivity contribution in [2.45, 2.75) is 19.0 Å². The third-order valence-electron chi connectivity index (χ3n) is 4.75. The average molecular weight is 391 g/mol. The van der Waals surface area contributed by atoms with E-state index in [2.05, 4.69) is 34.7 Å². The molecule has 1 aliphatic heterocycles. The van der Waals surface area contributed by atoms with Crippen molar-refractivity contribution in [2.75, 3.05) is 40.5 Å². The maximum Gasteiger partial charge on any atom is 0.251 e. The first kappa shape index (κ1) is 19.7. The molecule has 7 heteroatoms. The molecule has 0 radical (unpaired) electrons. The van der Waals surface area contributed by atoms with Gasteiger partial charge in [0.15, 0.2) is 11.5 Å². The van der Waals surface area contributed by atoms with Crippen molar-refractivity contribution in [3.8, 4) is 11.5 Å². The Labute approximate surface area is 164 Å². The summed E-state index contributed by atoms with van der Waals surface area (Å²) in [5, 5.41) is 5.23. The average Bonchev–Trinajstić information content (AvgIpc) is 3.22. The molecule has 2 heterocycles. The highest BCUT2D eigenvalue weighted by molar-refractivity contribution is 7.10. The monoisotopic (exact) mass is 390 g/mol. The normalized spacial score (nSPS) is 17.1. The Kier molecular flexibility index (Phi) is 6.71. The predicted molar refractivity (Wildman–Crippen MR) is 106 cm³/mol. The quantitative estimate of drug-likeness (QED) is 0.788. The summed E-state index contributed by atoms with van der Waals surface area (Å²) in [5.41, 5.74) is 0.548. The van der Waals surface area contributed by atoms with Crippen LogP contribution >= 0.6 is 11.3 Å². The van der Waals surface area contributed by atoms with Crippen molar-refractivity contribution in [3.63, 3.8) is 0 Å². The molecular formula is C20H26N2O4S. The second-order valence-electron chi connectivity index (χ2n) is 6.44. The number of hydrogen-bond acceptors (Lipinski definition) is 6. The van der Waals surface area contributed by atoms with Crippen LogP contribution in [0.25, 0.3) is 0 Å². The van der Waals surface area contributed by atoms with Gasteiger partial charge in [0.1, 0.15) is 0 Å². The summed E-state index contributed by atoms with van der Waals surface area (Å²) in [7, 11) is 3.14. The zero-order valence-electron chi connectivity index (χ0n) is 15.9. The number of nitrogens with zero attached hydrogens (tertiary/aromatic N) is 1. The highest BCUT2D eigenvalue weighted by atomic mass is 32.1. The van der Waals surface area contributed by atoms with E-state index in [0.717, 1.165) is 26.3 Å². The number of amides is 1. The Balaban J connectivity index is 1.76. The number of hydrogen-bond donors (Lipinski definition) is 1. The maximum atomic E-state index is 12.8. The molecule has 0 aliphatic carbocycles. The lowest BCUT2D eigenvalue weighted by molar-refractivity contribution is 0.00969. The van der Waals surface area contributed by atoms with Crippen LogP contribution in [0.3, 0.4) is 0 Å². The number of carbonyl (C=O) groups excluding carboxylic acids is 1. The molecule has 1 N–H and O–H groups in total. The Morgan fingerprint density at radius 2 is 1.93 bits per heavy atom. The van der Waals surface area contributed by atoms with Gasteiger partial charge in [0.25, 0.3) is 5.91 Å². The van der Waals surface area contributed by atoms with Gasteiger partial charge >= 0.3 is 0 Å². The standard InChI is InChI=1S/C20H26N2O4S/c1-14(19(18-5-4-12-27-18)22-8-10-26-11-9-22)21-20(23)15-6-7-16(24-2)17(13-15)25-3/h4-7,12-14,19H,8-11H2,1-3H3,(H,21,23)/t14-,19-/m1/s1. The first-order valence-electron chi connectivity index (χ1n) is 9.02. The summed E-state index contributed by atoms with van der Waals surface area (Å²) in [4.78, 5) is 16.5. The van der Waals surface area contributed by atoms with Crippen LogP contribution in [-0.4, -0.2) is 57.4 Å². The Hall–Kier alpha value is -2.09. The van der Waals surface area contributed by atoms with Crippen LogP contribution in [0.15, 0.2) is 35.7 Å². The first-order chi connectivity index (χ1) is 13.1. The number of thiophene rings is 1. The minimum atomic E-state index is -0.127. The third-order valence-corrected chi connectivity index (χ3v) is 5.69. The summed E-state index contributed by atoms with van der Waals surface area (Å²) in [6.45, 7) is 5.22.